The second kappa shape index (κ2) is 7.84. The topological polar surface area (TPSA) is 66.5 Å². The molecule has 6 heteroatoms. The van der Waals surface area contributed by atoms with Crippen LogP contribution in [0.5, 0.6) is 0 Å². The number of hydrogen-bond acceptors (Lipinski definition) is 3. The van der Waals surface area contributed by atoms with Crippen molar-refractivity contribution in [3.8, 4) is 0 Å². The Morgan fingerprint density at radius 1 is 1.12 bits per heavy atom. The molecule has 2 fully saturated rings. The van der Waals surface area contributed by atoms with E-state index < -0.39 is 10.0 Å². The van der Waals surface area contributed by atoms with Crippen molar-refractivity contribution in [2.75, 3.05) is 10.8 Å². The van der Waals surface area contributed by atoms with Gasteiger partial charge in [0.25, 0.3) is 15.9 Å². The smallest absolute Gasteiger partial charge is 0.264 e. The van der Waals surface area contributed by atoms with Crippen molar-refractivity contribution in [3.63, 3.8) is 0 Å². The van der Waals surface area contributed by atoms with Crippen LogP contribution in [0.4, 0.5) is 5.69 Å². The Balaban J connectivity index is 1.50. The van der Waals surface area contributed by atoms with Crippen LogP contribution in [0.25, 0.3) is 0 Å². The summed E-state index contributed by atoms with van der Waals surface area (Å²) in [4.78, 5) is 13.7. The van der Waals surface area contributed by atoms with Crippen molar-refractivity contribution in [1.82, 2.24) is 5.32 Å². The van der Waals surface area contributed by atoms with E-state index in [1.165, 1.54) is 10.7 Å². The fourth-order valence-electron chi connectivity index (χ4n) is 6.97. The molecule has 2 bridgehead atoms. The van der Waals surface area contributed by atoms with Gasteiger partial charge < -0.3 is 5.32 Å². The fourth-order valence-corrected chi connectivity index (χ4v) is 8.84. The normalized spacial score (nSPS) is 27.5. The number of hydrogen-bond donors (Lipinski definition) is 1. The van der Waals surface area contributed by atoms with Crippen molar-refractivity contribution in [3.05, 3.63) is 58.7 Å². The highest BCUT2D eigenvalue weighted by molar-refractivity contribution is 7.92. The Labute approximate surface area is 204 Å². The third-order valence-electron chi connectivity index (χ3n) is 9.06. The van der Waals surface area contributed by atoms with E-state index in [0.29, 0.717) is 23.6 Å². The summed E-state index contributed by atoms with van der Waals surface area (Å²) in [7, 11) is -3.80. The van der Waals surface area contributed by atoms with Gasteiger partial charge in [-0.1, -0.05) is 39.0 Å². The lowest BCUT2D eigenvalue weighted by Crippen LogP contribution is -2.52. The van der Waals surface area contributed by atoms with Crippen LogP contribution in [0.3, 0.4) is 0 Å². The molecule has 2 aromatic rings. The number of nitrogens with one attached hydrogen (secondary N) is 1. The zero-order chi connectivity index (χ0) is 24.5. The van der Waals surface area contributed by atoms with Gasteiger partial charge in [0.1, 0.15) is 0 Å². The minimum absolute atomic E-state index is 0.0365. The predicted molar refractivity (Wildman–Crippen MR) is 136 cm³/mol. The predicted octanol–water partition coefficient (Wildman–Crippen LogP) is 5.39. The van der Waals surface area contributed by atoms with E-state index >= 15 is 0 Å². The Morgan fingerprint density at radius 3 is 2.56 bits per heavy atom. The number of amides is 1. The Kier molecular flexibility index (Phi) is 5.40. The first-order valence-corrected chi connectivity index (χ1v) is 13.9. The Hall–Kier alpha value is -2.34. The minimum Gasteiger partial charge on any atom is -0.348 e. The molecule has 182 valence electrons. The van der Waals surface area contributed by atoms with E-state index in [1.807, 2.05) is 44.2 Å². The highest BCUT2D eigenvalue weighted by atomic mass is 32.2. The highest BCUT2D eigenvalue weighted by Crippen LogP contribution is 2.62. The molecule has 0 unspecified atom stereocenters. The monoisotopic (exact) mass is 480 g/mol. The number of para-hydroxylation sites is 1. The maximum absolute atomic E-state index is 13.9. The highest BCUT2D eigenvalue weighted by Gasteiger charge is 2.59. The van der Waals surface area contributed by atoms with E-state index in [1.54, 1.807) is 6.07 Å². The summed E-state index contributed by atoms with van der Waals surface area (Å²) in [6.07, 6.45) is 5.16. The van der Waals surface area contributed by atoms with Crippen molar-refractivity contribution < 1.29 is 13.2 Å². The zero-order valence-electron chi connectivity index (χ0n) is 20.9. The number of anilines is 1. The summed E-state index contributed by atoms with van der Waals surface area (Å²) in [5, 5.41) is 3.33. The summed E-state index contributed by atoms with van der Waals surface area (Å²) in [6, 6.07) is 11.2. The first-order valence-electron chi connectivity index (χ1n) is 12.5. The van der Waals surface area contributed by atoms with Crippen LogP contribution in [-0.4, -0.2) is 26.9 Å². The number of nitrogens with zero attached hydrogens (tertiary/aromatic N) is 1. The molecule has 5 nitrogen and oxygen atoms in total. The summed E-state index contributed by atoms with van der Waals surface area (Å²) < 4.78 is 29.3. The molecule has 5 rings (SSSR count). The van der Waals surface area contributed by atoms with Gasteiger partial charge in [-0.3, -0.25) is 9.10 Å². The number of aryl methyl sites for hydroxylation is 2. The van der Waals surface area contributed by atoms with E-state index in [4.69, 9.17) is 0 Å². The molecule has 2 aliphatic carbocycles. The van der Waals surface area contributed by atoms with Gasteiger partial charge in [-0.25, -0.2) is 8.42 Å². The quantitative estimate of drug-likeness (QED) is 0.638. The van der Waals surface area contributed by atoms with Crippen molar-refractivity contribution in [2.45, 2.75) is 77.7 Å². The fraction of sp³-hybridized carbons (Fsp3) is 0.536. The van der Waals surface area contributed by atoms with Gasteiger partial charge in [0, 0.05) is 18.2 Å². The number of carbonyl (C=O) groups is 1. The van der Waals surface area contributed by atoms with E-state index in [0.717, 1.165) is 42.5 Å². The molecule has 3 aliphatic rings. The average Bonchev–Trinajstić information content (AvgIpc) is 3.28. The maximum atomic E-state index is 13.9. The third kappa shape index (κ3) is 3.48. The SMILES string of the molecule is Cc1cc(C(=O)N[C@H]2C(C)(C)[C@@H]3CC[C@@]2(C)C3)cc(S(=O)(=O)N2CCCc3ccccc32)c1C. The van der Waals surface area contributed by atoms with Gasteiger partial charge in [0.15, 0.2) is 0 Å². The molecule has 34 heavy (non-hydrogen) atoms. The van der Waals surface area contributed by atoms with E-state index in [9.17, 15) is 13.2 Å². The van der Waals surface area contributed by atoms with Gasteiger partial charge in [0.2, 0.25) is 0 Å². The van der Waals surface area contributed by atoms with Crippen LogP contribution in [0.15, 0.2) is 41.3 Å². The zero-order valence-corrected chi connectivity index (χ0v) is 21.8. The Bertz CT molecular complexity index is 1260. The van der Waals surface area contributed by atoms with Crippen LogP contribution in [0, 0.1) is 30.6 Å². The van der Waals surface area contributed by atoms with Crippen molar-refractivity contribution in [1.29, 1.82) is 0 Å². The first-order chi connectivity index (χ1) is 15.9. The van der Waals surface area contributed by atoms with Crippen LogP contribution in [-0.2, 0) is 16.4 Å². The lowest BCUT2D eigenvalue weighted by atomic mass is 9.68. The molecule has 0 saturated heterocycles. The van der Waals surface area contributed by atoms with E-state index in [-0.39, 0.29) is 27.7 Å². The second-order valence-corrected chi connectivity index (χ2v) is 13.4. The standard InChI is InChI=1S/C28H36N2O3S/c1-18-15-21(25(31)29-26-27(3,4)22-12-13-28(26,5)17-22)16-24(19(18)2)34(32,33)30-14-8-10-20-9-6-7-11-23(20)30/h6-7,9,11,15-16,22,26H,8,10,12-14,17H2,1-5H3,(H,29,31)/t22-,26+,28+/m1/s1. The van der Waals surface area contributed by atoms with Crippen LogP contribution >= 0.6 is 0 Å². The number of benzene rings is 2. The van der Waals surface area contributed by atoms with Gasteiger partial charge in [-0.15, -0.1) is 0 Å². The number of rotatable bonds is 4. The summed E-state index contributed by atoms with van der Waals surface area (Å²) in [5.41, 5.74) is 3.88. The molecule has 1 N–H and O–H groups in total. The van der Waals surface area contributed by atoms with Crippen LogP contribution in [0.2, 0.25) is 0 Å². The van der Waals surface area contributed by atoms with Crippen molar-refractivity contribution >= 4 is 21.6 Å². The maximum Gasteiger partial charge on any atom is 0.264 e. The molecule has 2 saturated carbocycles. The van der Waals surface area contributed by atoms with Gasteiger partial charge >= 0.3 is 0 Å². The van der Waals surface area contributed by atoms with Crippen molar-refractivity contribution in [2.24, 2.45) is 16.7 Å². The van der Waals surface area contributed by atoms with Gasteiger partial charge in [0.05, 0.1) is 10.6 Å². The van der Waals surface area contributed by atoms with Crippen LogP contribution in [0.1, 0.15) is 73.5 Å². The third-order valence-corrected chi connectivity index (χ3v) is 11.0. The summed E-state index contributed by atoms with van der Waals surface area (Å²) in [5.74, 6) is 0.447. The molecule has 1 aliphatic heterocycles. The summed E-state index contributed by atoms with van der Waals surface area (Å²) in [6.45, 7) is 11.0. The summed E-state index contributed by atoms with van der Waals surface area (Å²) >= 11 is 0. The lowest BCUT2D eigenvalue weighted by molar-refractivity contribution is 0.0737. The van der Waals surface area contributed by atoms with E-state index in [2.05, 4.69) is 26.1 Å². The van der Waals surface area contributed by atoms with Gasteiger partial charge in [-0.2, -0.15) is 0 Å². The van der Waals surface area contributed by atoms with Gasteiger partial charge in [-0.05, 0) is 97.6 Å². The molecule has 1 heterocycles. The molecule has 0 radical (unpaired) electrons. The number of fused-ring (bicyclic) bond motifs is 3. The van der Waals surface area contributed by atoms with Crippen LogP contribution < -0.4 is 9.62 Å². The lowest BCUT2D eigenvalue weighted by Gasteiger charge is -2.43. The molecule has 2 aromatic carbocycles. The Morgan fingerprint density at radius 2 is 1.85 bits per heavy atom. The molecule has 0 spiro atoms. The average molecular weight is 481 g/mol. The number of carbonyl (C=O) groups excluding carboxylic acids is 1. The molecular formula is C28H36N2O3S. The molecule has 3 atom stereocenters. The molecule has 0 aromatic heterocycles. The molecular weight excluding hydrogens is 444 g/mol. The first kappa shape index (κ1) is 23.4. The largest absolute Gasteiger partial charge is 0.348 e. The second-order valence-electron chi connectivity index (χ2n) is 11.5. The minimum atomic E-state index is -3.80. The molecule has 1 amide bonds. The number of sulfonamides is 1.